The highest BCUT2D eigenvalue weighted by molar-refractivity contribution is 9.10. The summed E-state index contributed by atoms with van der Waals surface area (Å²) >= 11 is 3.16. The van der Waals surface area contributed by atoms with E-state index in [2.05, 4.69) is 20.9 Å². The van der Waals surface area contributed by atoms with Crippen molar-refractivity contribution in [2.75, 3.05) is 0 Å². The molecule has 0 saturated carbocycles. The molecule has 2 N–H and O–H groups in total. The Kier molecular flexibility index (Phi) is 1.92. The second-order valence-corrected chi connectivity index (χ2v) is 3.56. The highest BCUT2D eigenvalue weighted by Crippen LogP contribution is 2.17. The lowest BCUT2D eigenvalue weighted by atomic mass is 10.2. The molecule has 6 heteroatoms. The monoisotopic (exact) mass is 256 g/mol. The number of hydrogen-bond donors (Lipinski definition) is 2. The third-order valence-corrected chi connectivity index (χ3v) is 2.51. The number of H-pyrrole nitrogens is 1. The normalized spacial score (nSPS) is 10.6. The second kappa shape index (κ2) is 2.98. The van der Waals surface area contributed by atoms with Gasteiger partial charge < -0.3 is 10.2 Å². The molecule has 0 saturated heterocycles. The van der Waals surface area contributed by atoms with Crippen LogP contribution in [0.25, 0.3) is 10.9 Å². The van der Waals surface area contributed by atoms with Gasteiger partial charge in [0, 0.05) is 4.47 Å². The molecule has 1 heterocycles. The summed E-state index contributed by atoms with van der Waals surface area (Å²) in [7, 11) is 0. The molecule has 0 amide bonds. The number of aromatic nitrogens is 2. The van der Waals surface area contributed by atoms with Crippen molar-refractivity contribution in [1.29, 1.82) is 0 Å². The van der Waals surface area contributed by atoms with Gasteiger partial charge in [-0.2, -0.15) is 0 Å². The summed E-state index contributed by atoms with van der Waals surface area (Å²) in [5.41, 5.74) is -1.20. The first-order valence-electron chi connectivity index (χ1n) is 3.74. The van der Waals surface area contributed by atoms with Gasteiger partial charge in [-0.15, -0.1) is 0 Å². The van der Waals surface area contributed by atoms with E-state index in [9.17, 15) is 9.59 Å². The van der Waals surface area contributed by atoms with Gasteiger partial charge in [-0.1, -0.05) is 10.8 Å². The summed E-state index contributed by atoms with van der Waals surface area (Å²) in [5, 5.41) is 9.31. The molecule has 0 aliphatic carbocycles. The average Bonchev–Trinajstić information content (AvgIpc) is 2.14. The highest BCUT2D eigenvalue weighted by Gasteiger charge is 2.08. The molecule has 5 nitrogen and oxygen atoms in total. The van der Waals surface area contributed by atoms with Gasteiger partial charge in [0.05, 0.1) is 10.9 Å². The predicted molar refractivity (Wildman–Crippen MR) is 53.7 cm³/mol. The zero-order valence-corrected chi connectivity index (χ0v) is 8.41. The van der Waals surface area contributed by atoms with Crippen LogP contribution in [0.3, 0.4) is 0 Å². The molecule has 0 bridgehead atoms. The quantitative estimate of drug-likeness (QED) is 0.682. The molecule has 0 unspecified atom stereocenters. The van der Waals surface area contributed by atoms with Crippen LogP contribution in [0.4, 0.5) is 0 Å². The molecule has 2 rings (SSSR count). The van der Waals surface area contributed by atoms with Gasteiger partial charge in [0.15, 0.2) is 0 Å². The minimum Gasteiger partial charge on any atom is -0.421 e. The zero-order chi connectivity index (χ0) is 10.3. The van der Waals surface area contributed by atoms with Gasteiger partial charge in [0.25, 0.3) is 5.56 Å². The fourth-order valence-corrected chi connectivity index (χ4v) is 1.75. The second-order valence-electron chi connectivity index (χ2n) is 2.71. The van der Waals surface area contributed by atoms with E-state index in [1.165, 1.54) is 0 Å². The maximum Gasteiger partial charge on any atom is 0.362 e. The van der Waals surface area contributed by atoms with Crippen LogP contribution < -0.4 is 11.2 Å². The van der Waals surface area contributed by atoms with Crippen LogP contribution >= 0.6 is 15.9 Å². The van der Waals surface area contributed by atoms with Crippen molar-refractivity contribution in [2.45, 2.75) is 0 Å². The Morgan fingerprint density at radius 2 is 2.07 bits per heavy atom. The van der Waals surface area contributed by atoms with Crippen molar-refractivity contribution < 1.29 is 5.21 Å². The predicted octanol–water partition coefficient (Wildman–Crippen LogP) is 0.690. The van der Waals surface area contributed by atoms with Crippen LogP contribution in [-0.4, -0.2) is 14.9 Å². The van der Waals surface area contributed by atoms with E-state index >= 15 is 0 Å². The van der Waals surface area contributed by atoms with Crippen molar-refractivity contribution in [3.63, 3.8) is 0 Å². The third-order valence-electron chi connectivity index (χ3n) is 1.85. The molecular formula is C8H5BrN2O3. The number of hydrogen-bond acceptors (Lipinski definition) is 3. The van der Waals surface area contributed by atoms with Crippen molar-refractivity contribution in [3.05, 3.63) is 43.5 Å². The fraction of sp³-hybridized carbons (Fsp3) is 0. The van der Waals surface area contributed by atoms with Crippen LogP contribution in [-0.2, 0) is 0 Å². The van der Waals surface area contributed by atoms with Gasteiger partial charge in [-0.05, 0) is 28.1 Å². The van der Waals surface area contributed by atoms with Crippen LogP contribution in [0.5, 0.6) is 0 Å². The Bertz CT molecular complexity index is 614. The minimum atomic E-state index is -0.847. The molecule has 2 aromatic rings. The van der Waals surface area contributed by atoms with Gasteiger partial charge in [-0.25, -0.2) is 4.79 Å². The van der Waals surface area contributed by atoms with Crippen LogP contribution in [0, 0.1) is 0 Å². The Balaban J connectivity index is 3.15. The van der Waals surface area contributed by atoms with Gasteiger partial charge in [0.2, 0.25) is 0 Å². The smallest absolute Gasteiger partial charge is 0.362 e. The number of nitrogens with zero attached hydrogens (tertiary/aromatic N) is 1. The van der Waals surface area contributed by atoms with E-state index in [0.29, 0.717) is 9.99 Å². The van der Waals surface area contributed by atoms with Gasteiger partial charge in [0.1, 0.15) is 0 Å². The molecule has 72 valence electrons. The maximum atomic E-state index is 11.4. The molecule has 0 spiro atoms. The molecule has 1 aromatic carbocycles. The van der Waals surface area contributed by atoms with E-state index in [0.717, 1.165) is 0 Å². The number of rotatable bonds is 0. The summed E-state index contributed by atoms with van der Waals surface area (Å²) in [5.74, 6) is 0. The standard InChI is InChI=1S/C8H5BrN2O3/c9-4-2-1-3-5-6(4)7(12)11(14)8(13)10-5/h1-3,14H,(H,10,13). The van der Waals surface area contributed by atoms with E-state index in [4.69, 9.17) is 5.21 Å². The summed E-state index contributed by atoms with van der Waals surface area (Å²) < 4.78 is 0.576. The molecule has 0 aliphatic heterocycles. The first-order chi connectivity index (χ1) is 6.61. The zero-order valence-electron chi connectivity index (χ0n) is 6.82. The SMILES string of the molecule is O=c1[nH]c2cccc(Br)c2c(=O)n1O. The first kappa shape index (κ1) is 9.01. The Morgan fingerprint density at radius 1 is 1.36 bits per heavy atom. The molecule has 0 radical (unpaired) electrons. The Hall–Kier alpha value is -1.56. The Morgan fingerprint density at radius 3 is 2.79 bits per heavy atom. The lowest BCUT2D eigenvalue weighted by molar-refractivity contribution is 0.162. The summed E-state index contributed by atoms with van der Waals surface area (Å²) in [6.07, 6.45) is 0. The molecule has 0 aliphatic rings. The molecule has 1 aromatic heterocycles. The topological polar surface area (TPSA) is 75.1 Å². The minimum absolute atomic E-state index is 0.0487. The maximum absolute atomic E-state index is 11.4. The number of fused-ring (bicyclic) bond motifs is 1. The first-order valence-corrected chi connectivity index (χ1v) is 4.53. The summed E-state index contributed by atoms with van der Waals surface area (Å²) in [6.45, 7) is 0. The van der Waals surface area contributed by atoms with Crippen LogP contribution in [0.2, 0.25) is 0 Å². The summed E-state index contributed by atoms with van der Waals surface area (Å²) in [4.78, 5) is 24.8. The van der Waals surface area contributed by atoms with Crippen molar-refractivity contribution in [2.24, 2.45) is 0 Å². The number of benzene rings is 1. The van der Waals surface area contributed by atoms with E-state index < -0.39 is 11.2 Å². The van der Waals surface area contributed by atoms with Gasteiger partial charge >= 0.3 is 5.69 Å². The largest absolute Gasteiger partial charge is 0.421 e. The number of halogens is 1. The lowest BCUT2D eigenvalue weighted by Gasteiger charge is -2.00. The number of nitrogens with one attached hydrogen (secondary N) is 1. The fourth-order valence-electron chi connectivity index (χ4n) is 1.21. The van der Waals surface area contributed by atoms with Crippen LogP contribution in [0.15, 0.2) is 32.3 Å². The van der Waals surface area contributed by atoms with Crippen LogP contribution in [0.1, 0.15) is 0 Å². The summed E-state index contributed by atoms with van der Waals surface area (Å²) in [6, 6.07) is 4.93. The average molecular weight is 257 g/mol. The molecule has 0 atom stereocenters. The van der Waals surface area contributed by atoms with Gasteiger partial charge in [-0.3, -0.25) is 4.79 Å². The molecule has 0 fully saturated rings. The molecule has 14 heavy (non-hydrogen) atoms. The van der Waals surface area contributed by atoms with Crippen molar-refractivity contribution in [1.82, 2.24) is 9.71 Å². The highest BCUT2D eigenvalue weighted by atomic mass is 79.9. The van der Waals surface area contributed by atoms with E-state index in [-0.39, 0.29) is 10.1 Å². The van der Waals surface area contributed by atoms with Crippen molar-refractivity contribution >= 4 is 26.8 Å². The Labute approximate surface area is 85.7 Å². The van der Waals surface area contributed by atoms with Crippen molar-refractivity contribution in [3.8, 4) is 0 Å². The third kappa shape index (κ3) is 1.15. The molecular weight excluding hydrogens is 252 g/mol. The van der Waals surface area contributed by atoms with E-state index in [1.54, 1.807) is 18.2 Å². The van der Waals surface area contributed by atoms with E-state index in [1.807, 2.05) is 0 Å². The lowest BCUT2D eigenvalue weighted by Crippen LogP contribution is -2.33. The number of aromatic amines is 1.